The van der Waals surface area contributed by atoms with E-state index >= 15 is 0 Å². The lowest BCUT2D eigenvalue weighted by molar-refractivity contribution is -0.123. The van der Waals surface area contributed by atoms with Crippen molar-refractivity contribution >= 4 is 5.91 Å². The lowest BCUT2D eigenvalue weighted by atomic mass is 9.78. The molecule has 1 aromatic carbocycles. The maximum Gasteiger partial charge on any atom is 0.223 e. The van der Waals surface area contributed by atoms with Gasteiger partial charge < -0.3 is 15.4 Å². The zero-order chi connectivity index (χ0) is 17.3. The first-order valence-electron chi connectivity index (χ1n) is 9.81. The quantitative estimate of drug-likeness (QED) is 0.865. The zero-order valence-electron chi connectivity index (χ0n) is 15.3. The molecule has 1 unspecified atom stereocenters. The highest BCUT2D eigenvalue weighted by molar-refractivity contribution is 5.82. The Labute approximate surface area is 150 Å². The molecular formula is C21H30N2O2. The van der Waals surface area contributed by atoms with Crippen molar-refractivity contribution in [1.29, 1.82) is 0 Å². The molecule has 0 bridgehead atoms. The fourth-order valence-corrected chi connectivity index (χ4v) is 5.15. The summed E-state index contributed by atoms with van der Waals surface area (Å²) in [4.78, 5) is 12.8. The molecule has 2 saturated carbocycles. The first-order chi connectivity index (χ1) is 12.2. The van der Waals surface area contributed by atoms with Crippen LogP contribution >= 0.6 is 0 Å². The molecule has 3 fully saturated rings. The maximum absolute atomic E-state index is 12.8. The van der Waals surface area contributed by atoms with E-state index < -0.39 is 0 Å². The molecule has 0 radical (unpaired) electrons. The fraction of sp³-hybridized carbons (Fsp3) is 0.667. The number of hydrogen-bond donors (Lipinski definition) is 2. The van der Waals surface area contributed by atoms with Gasteiger partial charge in [-0.2, -0.15) is 0 Å². The molecule has 4 nitrogen and oxygen atoms in total. The summed E-state index contributed by atoms with van der Waals surface area (Å²) in [7, 11) is 1.72. The van der Waals surface area contributed by atoms with Gasteiger partial charge in [0.2, 0.25) is 5.91 Å². The lowest BCUT2D eigenvalue weighted by Crippen LogP contribution is -2.41. The molecule has 1 aromatic rings. The van der Waals surface area contributed by atoms with E-state index in [-0.39, 0.29) is 17.2 Å². The van der Waals surface area contributed by atoms with Crippen LogP contribution in [0, 0.1) is 11.3 Å². The van der Waals surface area contributed by atoms with Crippen LogP contribution in [0.15, 0.2) is 24.3 Å². The number of hydrogen-bond acceptors (Lipinski definition) is 3. The van der Waals surface area contributed by atoms with E-state index in [0.29, 0.717) is 5.41 Å². The third kappa shape index (κ3) is 3.17. The second-order valence-electron chi connectivity index (χ2n) is 8.31. The van der Waals surface area contributed by atoms with E-state index in [1.54, 1.807) is 7.11 Å². The highest BCUT2D eigenvalue weighted by atomic mass is 16.5. The van der Waals surface area contributed by atoms with Gasteiger partial charge in [0.15, 0.2) is 0 Å². The monoisotopic (exact) mass is 342 g/mol. The number of carbonyl (C=O) groups excluding carboxylic acids is 1. The number of rotatable bonds is 5. The third-order valence-corrected chi connectivity index (χ3v) is 6.95. The van der Waals surface area contributed by atoms with Crippen molar-refractivity contribution in [3.05, 3.63) is 29.8 Å². The van der Waals surface area contributed by atoms with Crippen LogP contribution in [0.3, 0.4) is 0 Å². The Hall–Kier alpha value is -1.55. The third-order valence-electron chi connectivity index (χ3n) is 6.95. The van der Waals surface area contributed by atoms with Crippen LogP contribution in [-0.2, 0) is 10.2 Å². The molecule has 2 aliphatic carbocycles. The van der Waals surface area contributed by atoms with E-state index in [1.165, 1.54) is 18.4 Å². The molecule has 2 N–H and O–H groups in total. The van der Waals surface area contributed by atoms with Gasteiger partial charge in [-0.05, 0) is 68.3 Å². The molecule has 1 aliphatic heterocycles. The maximum atomic E-state index is 12.8. The van der Waals surface area contributed by atoms with Gasteiger partial charge in [-0.25, -0.2) is 0 Å². The van der Waals surface area contributed by atoms with Crippen LogP contribution in [0.5, 0.6) is 5.75 Å². The zero-order valence-corrected chi connectivity index (χ0v) is 15.3. The Morgan fingerprint density at radius 3 is 2.72 bits per heavy atom. The molecule has 4 heteroatoms. The van der Waals surface area contributed by atoms with Gasteiger partial charge in [0, 0.05) is 17.9 Å². The number of nitrogens with one attached hydrogen (secondary N) is 2. The summed E-state index contributed by atoms with van der Waals surface area (Å²) in [5.74, 6) is 1.44. The van der Waals surface area contributed by atoms with Crippen molar-refractivity contribution in [2.24, 2.45) is 11.3 Å². The minimum Gasteiger partial charge on any atom is -0.497 e. The lowest BCUT2D eigenvalue weighted by Gasteiger charge is -2.31. The first-order valence-corrected chi connectivity index (χ1v) is 9.81. The summed E-state index contributed by atoms with van der Waals surface area (Å²) >= 11 is 0. The van der Waals surface area contributed by atoms with Crippen molar-refractivity contribution in [1.82, 2.24) is 10.6 Å². The molecule has 0 aromatic heterocycles. The van der Waals surface area contributed by atoms with E-state index in [0.717, 1.165) is 57.5 Å². The average molecular weight is 342 g/mol. The van der Waals surface area contributed by atoms with Crippen molar-refractivity contribution in [2.75, 3.05) is 26.7 Å². The van der Waals surface area contributed by atoms with Crippen LogP contribution in [0.25, 0.3) is 0 Å². The molecule has 1 saturated heterocycles. The Bertz CT molecular complexity index is 631. The van der Waals surface area contributed by atoms with E-state index in [1.807, 2.05) is 6.07 Å². The number of methoxy groups -OCH3 is 1. The molecular weight excluding hydrogens is 312 g/mol. The van der Waals surface area contributed by atoms with Gasteiger partial charge >= 0.3 is 0 Å². The number of piperidine rings is 1. The molecule has 136 valence electrons. The van der Waals surface area contributed by atoms with Gasteiger partial charge in [-0.3, -0.25) is 4.79 Å². The van der Waals surface area contributed by atoms with Crippen molar-refractivity contribution in [3.8, 4) is 5.75 Å². The molecule has 4 rings (SSSR count). The van der Waals surface area contributed by atoms with Crippen LogP contribution in [0.4, 0.5) is 0 Å². The highest BCUT2D eigenvalue weighted by Crippen LogP contribution is 2.58. The van der Waals surface area contributed by atoms with E-state index in [2.05, 4.69) is 28.8 Å². The fourth-order valence-electron chi connectivity index (χ4n) is 5.15. The molecule has 1 amide bonds. The topological polar surface area (TPSA) is 50.4 Å². The van der Waals surface area contributed by atoms with Gasteiger partial charge in [0.05, 0.1) is 7.11 Å². The Morgan fingerprint density at radius 2 is 2.00 bits per heavy atom. The van der Waals surface area contributed by atoms with Crippen LogP contribution in [0.1, 0.15) is 50.5 Å². The standard InChI is InChI=1S/C21H30N2O2/c1-25-17-6-4-5-16(13-17)21(7-2-3-8-21)15-23-19(24)18-14-20(18)9-11-22-12-10-20/h4-6,13,18,22H,2-3,7-12,14-15H2,1H3,(H,23,24). The van der Waals surface area contributed by atoms with E-state index in [4.69, 9.17) is 4.74 Å². The second-order valence-corrected chi connectivity index (χ2v) is 8.31. The van der Waals surface area contributed by atoms with Crippen molar-refractivity contribution in [2.45, 2.75) is 50.4 Å². The van der Waals surface area contributed by atoms with Gasteiger partial charge in [0.1, 0.15) is 5.75 Å². The van der Waals surface area contributed by atoms with E-state index in [9.17, 15) is 4.79 Å². The van der Waals surface area contributed by atoms with Gasteiger partial charge in [0.25, 0.3) is 0 Å². The van der Waals surface area contributed by atoms with Crippen molar-refractivity contribution in [3.63, 3.8) is 0 Å². The number of benzene rings is 1. The molecule has 1 spiro atoms. The molecule has 25 heavy (non-hydrogen) atoms. The van der Waals surface area contributed by atoms with Crippen LogP contribution in [0.2, 0.25) is 0 Å². The van der Waals surface area contributed by atoms with Crippen LogP contribution in [-0.4, -0.2) is 32.7 Å². The molecule has 1 heterocycles. The summed E-state index contributed by atoms with van der Waals surface area (Å²) < 4.78 is 5.42. The first kappa shape index (κ1) is 16.9. The largest absolute Gasteiger partial charge is 0.497 e. The average Bonchev–Trinajstić information content (AvgIpc) is 3.13. The second kappa shape index (κ2) is 6.64. The summed E-state index contributed by atoms with van der Waals surface area (Å²) in [6, 6.07) is 8.42. The molecule has 3 aliphatic rings. The van der Waals surface area contributed by atoms with Gasteiger partial charge in [-0.15, -0.1) is 0 Å². The Morgan fingerprint density at radius 1 is 1.24 bits per heavy atom. The highest BCUT2D eigenvalue weighted by Gasteiger charge is 2.57. The number of ether oxygens (including phenoxy) is 1. The Balaban J connectivity index is 1.43. The summed E-state index contributed by atoms with van der Waals surface area (Å²) in [5.41, 5.74) is 1.71. The van der Waals surface area contributed by atoms with Gasteiger partial charge in [-0.1, -0.05) is 25.0 Å². The van der Waals surface area contributed by atoms with Crippen LogP contribution < -0.4 is 15.4 Å². The summed E-state index contributed by atoms with van der Waals surface area (Å²) in [6.45, 7) is 2.90. The minimum atomic E-state index is 0.0837. The number of carbonyl (C=O) groups is 1. The number of amides is 1. The SMILES string of the molecule is COc1cccc(C2(CNC(=O)C3CC34CCNCC4)CCCC2)c1. The normalized spacial score (nSPS) is 26.4. The minimum absolute atomic E-state index is 0.0837. The van der Waals surface area contributed by atoms with Crippen molar-refractivity contribution < 1.29 is 9.53 Å². The summed E-state index contributed by atoms with van der Waals surface area (Å²) in [6.07, 6.45) is 8.20. The summed E-state index contributed by atoms with van der Waals surface area (Å²) in [5, 5.41) is 6.75. The smallest absolute Gasteiger partial charge is 0.223 e. The predicted molar refractivity (Wildman–Crippen MR) is 98.8 cm³/mol. The molecule has 1 atom stereocenters. The Kier molecular flexibility index (Phi) is 4.48. The predicted octanol–water partition coefficient (Wildman–Crippen LogP) is 3.01.